The summed E-state index contributed by atoms with van der Waals surface area (Å²) in [5, 5.41) is 2.97. The number of rotatable bonds is 6. The highest BCUT2D eigenvalue weighted by atomic mass is 35.5. The first-order valence-corrected chi connectivity index (χ1v) is 7.17. The van der Waals surface area contributed by atoms with Gasteiger partial charge in [0.15, 0.2) is 0 Å². The lowest BCUT2D eigenvalue weighted by molar-refractivity contribution is -0.126. The number of halogens is 2. The number of imidazole rings is 1. The highest BCUT2D eigenvalue weighted by Gasteiger charge is 2.36. The van der Waals surface area contributed by atoms with Gasteiger partial charge in [-0.1, -0.05) is 12.8 Å². The molecule has 0 saturated heterocycles. The molecule has 1 aliphatic carbocycles. The molecule has 0 spiro atoms. The molecule has 1 heterocycles. The first kappa shape index (κ1) is 20.2. The van der Waals surface area contributed by atoms with Crippen LogP contribution in [0.2, 0.25) is 0 Å². The van der Waals surface area contributed by atoms with Crippen molar-refractivity contribution in [3.8, 4) is 0 Å². The highest BCUT2D eigenvalue weighted by molar-refractivity contribution is 5.86. The Labute approximate surface area is 138 Å². The van der Waals surface area contributed by atoms with Crippen LogP contribution in [0, 0.1) is 6.92 Å². The second-order valence-electron chi connectivity index (χ2n) is 5.49. The monoisotopic (exact) mass is 336 g/mol. The number of nitrogens with two attached hydrogens (primary N) is 1. The third kappa shape index (κ3) is 5.49. The SMILES string of the molecule is Cc1nccn1CCCCNC(=O)C1(N)CCCC1.Cl.Cl. The lowest BCUT2D eigenvalue weighted by Gasteiger charge is -2.22. The van der Waals surface area contributed by atoms with Gasteiger partial charge in [-0.3, -0.25) is 4.79 Å². The zero-order valence-corrected chi connectivity index (χ0v) is 14.1. The molecule has 0 atom stereocenters. The van der Waals surface area contributed by atoms with Gasteiger partial charge in [0.25, 0.3) is 0 Å². The molecule has 1 saturated carbocycles. The van der Waals surface area contributed by atoms with Gasteiger partial charge in [0.1, 0.15) is 5.82 Å². The molecule has 2 rings (SSSR count). The maximum atomic E-state index is 12.0. The van der Waals surface area contributed by atoms with Gasteiger partial charge in [0.05, 0.1) is 5.54 Å². The first-order valence-electron chi connectivity index (χ1n) is 7.17. The van der Waals surface area contributed by atoms with E-state index < -0.39 is 5.54 Å². The molecule has 1 aliphatic rings. The number of carbonyl (C=O) groups is 1. The van der Waals surface area contributed by atoms with E-state index in [2.05, 4.69) is 14.9 Å². The second-order valence-corrected chi connectivity index (χ2v) is 5.49. The summed E-state index contributed by atoms with van der Waals surface area (Å²) in [5.41, 5.74) is 5.49. The minimum absolute atomic E-state index is 0. The van der Waals surface area contributed by atoms with Crippen molar-refractivity contribution in [2.45, 2.75) is 57.5 Å². The van der Waals surface area contributed by atoms with Gasteiger partial charge < -0.3 is 15.6 Å². The Morgan fingerprint density at radius 1 is 1.38 bits per heavy atom. The summed E-state index contributed by atoms with van der Waals surface area (Å²) >= 11 is 0. The fourth-order valence-corrected chi connectivity index (χ4v) is 2.66. The Kier molecular flexibility index (Phi) is 8.94. The van der Waals surface area contributed by atoms with Gasteiger partial charge in [0.2, 0.25) is 5.91 Å². The van der Waals surface area contributed by atoms with Crippen molar-refractivity contribution in [1.29, 1.82) is 0 Å². The minimum Gasteiger partial charge on any atom is -0.355 e. The fraction of sp³-hybridized carbons (Fsp3) is 0.714. The van der Waals surface area contributed by atoms with Crippen molar-refractivity contribution in [3.05, 3.63) is 18.2 Å². The molecule has 122 valence electrons. The summed E-state index contributed by atoms with van der Waals surface area (Å²) < 4.78 is 2.13. The van der Waals surface area contributed by atoms with Gasteiger partial charge >= 0.3 is 0 Å². The number of nitrogens with zero attached hydrogens (tertiary/aromatic N) is 2. The molecule has 1 aromatic heterocycles. The number of hydrogen-bond donors (Lipinski definition) is 2. The first-order chi connectivity index (χ1) is 9.12. The number of nitrogens with one attached hydrogen (secondary N) is 1. The van der Waals surface area contributed by atoms with Crippen molar-refractivity contribution in [1.82, 2.24) is 14.9 Å². The van der Waals surface area contributed by atoms with Crippen LogP contribution in [0.5, 0.6) is 0 Å². The van der Waals surface area contributed by atoms with Crippen molar-refractivity contribution >= 4 is 30.7 Å². The van der Waals surface area contributed by atoms with Crippen molar-refractivity contribution in [2.75, 3.05) is 6.54 Å². The van der Waals surface area contributed by atoms with Crippen LogP contribution in [-0.2, 0) is 11.3 Å². The van der Waals surface area contributed by atoms with Gasteiger partial charge in [0, 0.05) is 25.5 Å². The summed E-state index contributed by atoms with van der Waals surface area (Å²) in [7, 11) is 0. The number of amides is 1. The largest absolute Gasteiger partial charge is 0.355 e. The molecule has 21 heavy (non-hydrogen) atoms. The van der Waals surface area contributed by atoms with Gasteiger partial charge in [-0.2, -0.15) is 0 Å². The van der Waals surface area contributed by atoms with E-state index in [4.69, 9.17) is 5.73 Å². The van der Waals surface area contributed by atoms with Crippen LogP contribution in [0.4, 0.5) is 0 Å². The van der Waals surface area contributed by atoms with Crippen LogP contribution in [0.3, 0.4) is 0 Å². The van der Waals surface area contributed by atoms with E-state index in [1.165, 1.54) is 0 Å². The number of unbranched alkanes of at least 4 members (excludes halogenated alkanes) is 1. The van der Waals surface area contributed by atoms with Crippen LogP contribution in [-0.4, -0.2) is 27.5 Å². The summed E-state index contributed by atoms with van der Waals surface area (Å²) in [6.45, 7) is 3.67. The third-order valence-electron chi connectivity index (χ3n) is 3.98. The Bertz CT molecular complexity index is 430. The molecule has 0 radical (unpaired) electrons. The minimum atomic E-state index is -0.596. The molecule has 1 aromatic rings. The normalized spacial score (nSPS) is 15.9. The lowest BCUT2D eigenvalue weighted by atomic mass is 9.98. The number of carbonyl (C=O) groups excluding carboxylic acids is 1. The van der Waals surface area contributed by atoms with Gasteiger partial charge in [-0.15, -0.1) is 24.8 Å². The summed E-state index contributed by atoms with van der Waals surface area (Å²) in [6, 6.07) is 0. The standard InChI is InChI=1S/C14H24N4O.2ClH/c1-12-16-9-11-18(12)10-5-4-8-17-13(19)14(15)6-2-3-7-14;;/h9,11H,2-8,10,15H2,1H3,(H,17,19);2*1H. The van der Waals surface area contributed by atoms with Crippen molar-refractivity contribution in [3.63, 3.8) is 0 Å². The average molecular weight is 337 g/mol. The van der Waals surface area contributed by atoms with Crippen LogP contribution in [0.25, 0.3) is 0 Å². The number of hydrogen-bond acceptors (Lipinski definition) is 3. The molecular formula is C14H26Cl2N4O. The molecule has 1 amide bonds. The van der Waals surface area contributed by atoms with E-state index in [-0.39, 0.29) is 30.7 Å². The molecule has 5 nitrogen and oxygen atoms in total. The summed E-state index contributed by atoms with van der Waals surface area (Å²) in [5.74, 6) is 1.07. The number of aromatic nitrogens is 2. The van der Waals surface area contributed by atoms with E-state index in [9.17, 15) is 4.79 Å². The Hall–Kier alpha value is -0.780. The zero-order valence-electron chi connectivity index (χ0n) is 12.5. The molecule has 7 heteroatoms. The van der Waals surface area contributed by atoms with E-state index in [1.54, 1.807) is 0 Å². The predicted octanol–water partition coefficient (Wildman–Crippen LogP) is 2.20. The quantitative estimate of drug-likeness (QED) is 0.782. The summed E-state index contributed by atoms with van der Waals surface area (Å²) in [4.78, 5) is 16.1. The smallest absolute Gasteiger partial charge is 0.240 e. The molecule has 0 unspecified atom stereocenters. The third-order valence-corrected chi connectivity index (χ3v) is 3.98. The van der Waals surface area contributed by atoms with Crippen LogP contribution >= 0.6 is 24.8 Å². The lowest BCUT2D eigenvalue weighted by Crippen LogP contribution is -2.52. The Morgan fingerprint density at radius 3 is 2.62 bits per heavy atom. The Morgan fingerprint density at radius 2 is 2.05 bits per heavy atom. The predicted molar refractivity (Wildman–Crippen MR) is 89.1 cm³/mol. The topological polar surface area (TPSA) is 72.9 Å². The fourth-order valence-electron chi connectivity index (χ4n) is 2.66. The zero-order chi connectivity index (χ0) is 13.7. The average Bonchev–Trinajstić information content (AvgIpc) is 2.99. The van der Waals surface area contributed by atoms with Gasteiger partial charge in [-0.05, 0) is 32.6 Å². The molecule has 1 fully saturated rings. The molecular weight excluding hydrogens is 311 g/mol. The van der Waals surface area contributed by atoms with Crippen LogP contribution in [0.1, 0.15) is 44.3 Å². The molecule has 0 aromatic carbocycles. The van der Waals surface area contributed by atoms with Crippen molar-refractivity contribution in [2.24, 2.45) is 5.73 Å². The van der Waals surface area contributed by atoms with E-state index >= 15 is 0 Å². The Balaban J connectivity index is 0.00000200. The maximum Gasteiger partial charge on any atom is 0.240 e. The maximum absolute atomic E-state index is 12.0. The van der Waals surface area contributed by atoms with E-state index in [1.807, 2.05) is 19.3 Å². The molecule has 0 bridgehead atoms. The van der Waals surface area contributed by atoms with E-state index in [0.29, 0.717) is 6.54 Å². The summed E-state index contributed by atoms with van der Waals surface area (Å²) in [6.07, 6.45) is 9.61. The van der Waals surface area contributed by atoms with Crippen LogP contribution in [0.15, 0.2) is 12.4 Å². The van der Waals surface area contributed by atoms with Gasteiger partial charge in [-0.25, -0.2) is 4.98 Å². The molecule has 3 N–H and O–H groups in total. The second kappa shape index (κ2) is 9.28. The van der Waals surface area contributed by atoms with Crippen molar-refractivity contribution < 1.29 is 4.79 Å². The molecule has 0 aliphatic heterocycles. The highest BCUT2D eigenvalue weighted by Crippen LogP contribution is 2.27. The number of aryl methyl sites for hydroxylation is 2. The van der Waals surface area contributed by atoms with E-state index in [0.717, 1.165) is 50.9 Å². The van der Waals surface area contributed by atoms with Crippen LogP contribution < -0.4 is 11.1 Å².